The molecule has 0 heterocycles. The number of hydrogen-bond acceptors (Lipinski definition) is 3. The lowest BCUT2D eigenvalue weighted by Gasteiger charge is -2.26. The Morgan fingerprint density at radius 2 is 2.00 bits per heavy atom. The van der Waals surface area contributed by atoms with Crippen LogP contribution in [-0.2, 0) is 9.53 Å². The van der Waals surface area contributed by atoms with Crippen LogP contribution in [-0.4, -0.2) is 42.6 Å². The van der Waals surface area contributed by atoms with E-state index in [0.717, 1.165) is 24.7 Å². The SMILES string of the molecule is COCCN(CCC(N)=S)C(=O)C1CC2CC2C1. The summed E-state index contributed by atoms with van der Waals surface area (Å²) in [6.07, 6.45) is 4.11. The summed E-state index contributed by atoms with van der Waals surface area (Å²) in [5.74, 6) is 2.17. The molecule has 18 heavy (non-hydrogen) atoms. The second-order valence-corrected chi connectivity index (χ2v) is 5.98. The molecule has 5 heteroatoms. The molecule has 102 valence electrons. The first kappa shape index (κ1) is 13.7. The van der Waals surface area contributed by atoms with Crippen molar-refractivity contribution in [2.75, 3.05) is 26.8 Å². The number of methoxy groups -OCH3 is 1. The van der Waals surface area contributed by atoms with Crippen LogP contribution in [0.4, 0.5) is 0 Å². The van der Waals surface area contributed by atoms with Crippen LogP contribution in [0.5, 0.6) is 0 Å². The van der Waals surface area contributed by atoms with E-state index in [4.69, 9.17) is 22.7 Å². The Morgan fingerprint density at radius 3 is 2.56 bits per heavy atom. The number of nitrogens with two attached hydrogens (primary N) is 1. The Bertz CT molecular complexity index is 325. The summed E-state index contributed by atoms with van der Waals surface area (Å²) >= 11 is 4.88. The number of rotatable bonds is 7. The van der Waals surface area contributed by atoms with Crippen LogP contribution in [0.2, 0.25) is 0 Å². The largest absolute Gasteiger partial charge is 0.393 e. The second kappa shape index (κ2) is 5.97. The van der Waals surface area contributed by atoms with E-state index >= 15 is 0 Å². The molecular formula is C13H22N2O2S. The minimum absolute atomic E-state index is 0.233. The van der Waals surface area contributed by atoms with Gasteiger partial charge >= 0.3 is 0 Å². The molecule has 0 radical (unpaired) electrons. The molecule has 2 aliphatic rings. The standard InChI is InChI=1S/C13H22N2O2S/c1-17-5-4-15(3-2-12(14)18)13(16)11-7-9-6-10(9)8-11/h9-11H,2-8H2,1H3,(H2,14,18). The maximum absolute atomic E-state index is 12.4. The molecule has 4 nitrogen and oxygen atoms in total. The van der Waals surface area contributed by atoms with Crippen LogP contribution in [0.1, 0.15) is 25.7 Å². The average Bonchev–Trinajstić information content (AvgIpc) is 2.95. The summed E-state index contributed by atoms with van der Waals surface area (Å²) in [7, 11) is 1.65. The highest BCUT2D eigenvalue weighted by atomic mass is 32.1. The number of carbonyl (C=O) groups excluding carboxylic acids is 1. The molecule has 2 unspecified atom stereocenters. The lowest BCUT2D eigenvalue weighted by molar-refractivity contribution is -0.136. The van der Waals surface area contributed by atoms with Crippen LogP contribution >= 0.6 is 12.2 Å². The Labute approximate surface area is 114 Å². The predicted octanol–water partition coefficient (Wildman–Crippen LogP) is 1.18. The molecule has 1 amide bonds. The summed E-state index contributed by atoms with van der Waals surface area (Å²) in [6, 6.07) is 0. The molecule has 0 spiro atoms. The summed E-state index contributed by atoms with van der Waals surface area (Å²) < 4.78 is 5.06. The first-order valence-electron chi connectivity index (χ1n) is 6.67. The maximum Gasteiger partial charge on any atom is 0.225 e. The molecule has 2 aliphatic carbocycles. The van der Waals surface area contributed by atoms with E-state index in [2.05, 4.69) is 0 Å². The minimum atomic E-state index is 0.233. The minimum Gasteiger partial charge on any atom is -0.393 e. The van der Waals surface area contributed by atoms with Gasteiger partial charge in [0.1, 0.15) is 0 Å². The zero-order valence-corrected chi connectivity index (χ0v) is 11.7. The smallest absolute Gasteiger partial charge is 0.225 e. The Morgan fingerprint density at radius 1 is 1.33 bits per heavy atom. The molecule has 0 aliphatic heterocycles. The Kier molecular flexibility index (Phi) is 4.56. The first-order chi connectivity index (χ1) is 8.61. The molecule has 2 saturated carbocycles. The Balaban J connectivity index is 1.85. The predicted molar refractivity (Wildman–Crippen MR) is 74.2 cm³/mol. The van der Waals surface area contributed by atoms with Crippen molar-refractivity contribution in [1.82, 2.24) is 4.90 Å². The van der Waals surface area contributed by atoms with Gasteiger partial charge in [-0.25, -0.2) is 0 Å². The highest BCUT2D eigenvalue weighted by Gasteiger charge is 2.48. The normalized spacial score (nSPS) is 28.8. The molecule has 2 N–H and O–H groups in total. The third-order valence-electron chi connectivity index (χ3n) is 4.10. The fourth-order valence-corrected chi connectivity index (χ4v) is 3.04. The van der Waals surface area contributed by atoms with Crippen LogP contribution < -0.4 is 5.73 Å². The van der Waals surface area contributed by atoms with Crippen LogP contribution in [0.3, 0.4) is 0 Å². The van der Waals surface area contributed by atoms with E-state index in [9.17, 15) is 4.79 Å². The van der Waals surface area contributed by atoms with Gasteiger partial charge < -0.3 is 15.4 Å². The van der Waals surface area contributed by atoms with Gasteiger partial charge in [0.15, 0.2) is 0 Å². The van der Waals surface area contributed by atoms with Gasteiger partial charge in [0.25, 0.3) is 0 Å². The number of fused-ring (bicyclic) bond motifs is 1. The number of hydrogen-bond donors (Lipinski definition) is 1. The van der Waals surface area contributed by atoms with Gasteiger partial charge in [-0.05, 0) is 31.1 Å². The van der Waals surface area contributed by atoms with E-state index < -0.39 is 0 Å². The molecule has 0 bridgehead atoms. The highest BCUT2D eigenvalue weighted by Crippen LogP contribution is 2.54. The zero-order chi connectivity index (χ0) is 13.1. The van der Waals surface area contributed by atoms with Crippen LogP contribution in [0.15, 0.2) is 0 Å². The van der Waals surface area contributed by atoms with Crippen LogP contribution in [0.25, 0.3) is 0 Å². The van der Waals surface area contributed by atoms with Gasteiger partial charge in [0.05, 0.1) is 11.6 Å². The van der Waals surface area contributed by atoms with Crippen molar-refractivity contribution in [2.24, 2.45) is 23.5 Å². The summed E-state index contributed by atoms with van der Waals surface area (Å²) in [4.78, 5) is 14.8. The van der Waals surface area contributed by atoms with E-state index in [-0.39, 0.29) is 11.8 Å². The van der Waals surface area contributed by atoms with Gasteiger partial charge in [-0.2, -0.15) is 0 Å². The fraction of sp³-hybridized carbons (Fsp3) is 0.846. The van der Waals surface area contributed by atoms with E-state index in [0.29, 0.717) is 31.1 Å². The highest BCUT2D eigenvalue weighted by molar-refractivity contribution is 7.80. The van der Waals surface area contributed by atoms with Crippen molar-refractivity contribution in [3.05, 3.63) is 0 Å². The molecule has 2 fully saturated rings. The van der Waals surface area contributed by atoms with Crippen molar-refractivity contribution in [3.63, 3.8) is 0 Å². The van der Waals surface area contributed by atoms with Crippen molar-refractivity contribution in [3.8, 4) is 0 Å². The van der Waals surface area contributed by atoms with Gasteiger partial charge in [0, 0.05) is 32.5 Å². The summed E-state index contributed by atoms with van der Waals surface area (Å²) in [5, 5.41) is 0. The summed E-state index contributed by atoms with van der Waals surface area (Å²) in [5.41, 5.74) is 5.51. The lowest BCUT2D eigenvalue weighted by atomic mass is 10.0. The number of nitrogens with zero attached hydrogens (tertiary/aromatic N) is 1. The van der Waals surface area contributed by atoms with Crippen molar-refractivity contribution in [1.29, 1.82) is 0 Å². The monoisotopic (exact) mass is 270 g/mol. The molecule has 2 atom stereocenters. The second-order valence-electron chi connectivity index (χ2n) is 5.46. The van der Waals surface area contributed by atoms with Gasteiger partial charge in [0.2, 0.25) is 5.91 Å². The van der Waals surface area contributed by atoms with Gasteiger partial charge in [-0.15, -0.1) is 0 Å². The van der Waals surface area contributed by atoms with Crippen molar-refractivity contribution >= 4 is 23.1 Å². The first-order valence-corrected chi connectivity index (χ1v) is 7.08. The molecular weight excluding hydrogens is 248 g/mol. The number of ether oxygens (including phenoxy) is 1. The lowest BCUT2D eigenvalue weighted by Crippen LogP contribution is -2.39. The molecule has 2 rings (SSSR count). The third kappa shape index (κ3) is 3.42. The van der Waals surface area contributed by atoms with Gasteiger partial charge in [-0.1, -0.05) is 12.2 Å². The molecule has 0 aromatic rings. The molecule has 0 aromatic heterocycles. The number of carbonyl (C=O) groups is 1. The Hall–Kier alpha value is -0.680. The topological polar surface area (TPSA) is 55.6 Å². The molecule has 0 aromatic carbocycles. The van der Waals surface area contributed by atoms with E-state index in [1.807, 2.05) is 4.90 Å². The quantitative estimate of drug-likeness (QED) is 0.706. The van der Waals surface area contributed by atoms with Crippen molar-refractivity contribution in [2.45, 2.75) is 25.7 Å². The third-order valence-corrected chi connectivity index (χ3v) is 4.30. The fourth-order valence-electron chi connectivity index (χ4n) is 2.95. The van der Waals surface area contributed by atoms with Crippen LogP contribution in [0, 0.1) is 17.8 Å². The molecule has 0 saturated heterocycles. The van der Waals surface area contributed by atoms with Gasteiger partial charge in [-0.3, -0.25) is 4.79 Å². The number of amides is 1. The summed E-state index contributed by atoms with van der Waals surface area (Å²) in [6.45, 7) is 1.84. The number of thiocarbonyl (C=S) groups is 1. The van der Waals surface area contributed by atoms with E-state index in [1.165, 1.54) is 6.42 Å². The van der Waals surface area contributed by atoms with Crippen molar-refractivity contribution < 1.29 is 9.53 Å². The maximum atomic E-state index is 12.4. The average molecular weight is 270 g/mol. The zero-order valence-electron chi connectivity index (χ0n) is 10.9. The van der Waals surface area contributed by atoms with E-state index in [1.54, 1.807) is 7.11 Å².